The molecule has 4 rings (SSSR count). The Morgan fingerprint density at radius 3 is 2.34 bits per heavy atom. The van der Waals surface area contributed by atoms with E-state index in [2.05, 4.69) is 84.0 Å². The number of hydrogen-bond donors (Lipinski definition) is 2. The van der Waals surface area contributed by atoms with Gasteiger partial charge in [0.2, 0.25) is 5.91 Å². The van der Waals surface area contributed by atoms with Crippen LogP contribution in [0.15, 0.2) is 60.8 Å². The van der Waals surface area contributed by atoms with Crippen LogP contribution in [0.2, 0.25) is 0 Å². The normalized spacial score (nSPS) is 22.2. The Hall–Kier alpha value is -2.63. The van der Waals surface area contributed by atoms with Gasteiger partial charge in [0.1, 0.15) is 0 Å². The molecule has 0 aliphatic heterocycles. The second-order valence-corrected chi connectivity index (χ2v) is 9.58. The third-order valence-corrected chi connectivity index (χ3v) is 7.25. The molecule has 2 N–H and O–H groups in total. The lowest BCUT2D eigenvalue weighted by atomic mass is 9.74. The van der Waals surface area contributed by atoms with E-state index in [4.69, 9.17) is 0 Å². The van der Waals surface area contributed by atoms with E-state index in [-0.39, 0.29) is 17.5 Å². The first kappa shape index (κ1) is 22.6. The van der Waals surface area contributed by atoms with Crippen LogP contribution in [0.1, 0.15) is 36.8 Å². The number of carbonyl (C=O) groups excluding carboxylic acids is 1. The number of aromatic amines is 1. The number of para-hydroxylation sites is 1. The van der Waals surface area contributed by atoms with Crippen LogP contribution in [-0.4, -0.2) is 61.0 Å². The van der Waals surface area contributed by atoms with E-state index < -0.39 is 0 Å². The van der Waals surface area contributed by atoms with Crippen LogP contribution >= 0.6 is 0 Å². The summed E-state index contributed by atoms with van der Waals surface area (Å²) >= 11 is 0. The van der Waals surface area contributed by atoms with E-state index in [1.807, 2.05) is 20.2 Å². The van der Waals surface area contributed by atoms with E-state index in [9.17, 15) is 4.79 Å². The first-order valence-electron chi connectivity index (χ1n) is 11.7. The molecule has 32 heavy (non-hydrogen) atoms. The van der Waals surface area contributed by atoms with Crippen molar-refractivity contribution < 1.29 is 4.79 Å². The number of benzene rings is 2. The third-order valence-electron chi connectivity index (χ3n) is 7.25. The molecule has 1 aliphatic rings. The lowest BCUT2D eigenvalue weighted by Crippen LogP contribution is -2.53. The molecule has 1 amide bonds. The highest BCUT2D eigenvalue weighted by atomic mass is 16.2. The van der Waals surface area contributed by atoms with Crippen LogP contribution in [0.5, 0.6) is 0 Å². The minimum Gasteiger partial charge on any atom is -0.361 e. The van der Waals surface area contributed by atoms with Gasteiger partial charge in [0.05, 0.1) is 6.04 Å². The maximum absolute atomic E-state index is 13.1. The Labute approximate surface area is 191 Å². The number of amides is 1. The topological polar surface area (TPSA) is 51.4 Å². The van der Waals surface area contributed by atoms with E-state index in [1.165, 1.54) is 16.5 Å². The fourth-order valence-corrected chi connectivity index (χ4v) is 5.34. The Balaban J connectivity index is 1.49. The number of nitrogens with zero attached hydrogens (tertiary/aromatic N) is 2. The fraction of sp³-hybridized carbons (Fsp3) is 0.444. The van der Waals surface area contributed by atoms with E-state index >= 15 is 0 Å². The number of fused-ring (bicyclic) bond motifs is 1. The first-order valence-corrected chi connectivity index (χ1v) is 11.7. The van der Waals surface area contributed by atoms with Gasteiger partial charge in [0.15, 0.2) is 0 Å². The van der Waals surface area contributed by atoms with Crippen molar-refractivity contribution in [3.63, 3.8) is 0 Å². The smallest absolute Gasteiger partial charge is 0.239 e. The van der Waals surface area contributed by atoms with Crippen LogP contribution < -0.4 is 5.32 Å². The number of nitrogens with one attached hydrogen (secondary N) is 2. The van der Waals surface area contributed by atoms with Gasteiger partial charge >= 0.3 is 0 Å². The molecule has 1 unspecified atom stereocenters. The van der Waals surface area contributed by atoms with Crippen molar-refractivity contribution in [2.45, 2.75) is 49.7 Å². The Morgan fingerprint density at radius 2 is 1.69 bits per heavy atom. The molecule has 1 fully saturated rings. The second-order valence-electron chi connectivity index (χ2n) is 9.58. The molecule has 0 saturated heterocycles. The molecule has 2 aromatic carbocycles. The number of hydrogen-bond acceptors (Lipinski definition) is 3. The van der Waals surface area contributed by atoms with E-state index in [0.29, 0.717) is 12.5 Å². The molecule has 1 heterocycles. The summed E-state index contributed by atoms with van der Waals surface area (Å²) in [6.07, 6.45) is 7.01. The van der Waals surface area contributed by atoms with E-state index in [1.54, 1.807) is 4.90 Å². The summed E-state index contributed by atoms with van der Waals surface area (Å²) < 4.78 is 0. The highest BCUT2D eigenvalue weighted by molar-refractivity contribution is 5.86. The number of carbonyl (C=O) groups is 1. The van der Waals surface area contributed by atoms with Crippen molar-refractivity contribution >= 4 is 16.8 Å². The van der Waals surface area contributed by atoms with Gasteiger partial charge in [-0.3, -0.25) is 9.69 Å². The molecule has 1 atom stereocenters. The third kappa shape index (κ3) is 4.45. The molecular weight excluding hydrogens is 396 g/mol. The SMILES string of the molecule is CN(C)C(=O)C(Cc1c[nH]c2ccccc12)NC1CCC(c2ccccc2)(N(C)C)CC1. The highest BCUT2D eigenvalue weighted by Gasteiger charge is 2.39. The molecular formula is C27H36N4O. The number of likely N-dealkylation sites (N-methyl/N-ethyl adjacent to an activating group) is 1. The highest BCUT2D eigenvalue weighted by Crippen LogP contribution is 2.41. The molecule has 5 heteroatoms. The Morgan fingerprint density at radius 1 is 1.03 bits per heavy atom. The standard InChI is InChI=1S/C27H36N4O/c1-30(2)26(32)25(18-20-19-28-24-13-9-8-12-23(20)24)29-22-14-16-27(17-15-22,31(3)4)21-10-6-5-7-11-21/h5-13,19,22,25,28-29H,14-18H2,1-4H3. The van der Waals surface area contributed by atoms with Gasteiger partial charge in [-0.2, -0.15) is 0 Å². The monoisotopic (exact) mass is 432 g/mol. The zero-order valence-electron chi connectivity index (χ0n) is 19.8. The fourth-order valence-electron chi connectivity index (χ4n) is 5.34. The van der Waals surface area contributed by atoms with Crippen LogP contribution in [0.25, 0.3) is 10.9 Å². The zero-order chi connectivity index (χ0) is 22.7. The van der Waals surface area contributed by atoms with Crippen molar-refractivity contribution in [3.05, 3.63) is 71.9 Å². The van der Waals surface area contributed by atoms with Gasteiger partial charge in [-0.15, -0.1) is 0 Å². The molecule has 5 nitrogen and oxygen atoms in total. The summed E-state index contributed by atoms with van der Waals surface area (Å²) in [5, 5.41) is 4.94. The average molecular weight is 433 g/mol. The van der Waals surface area contributed by atoms with Gasteiger partial charge < -0.3 is 15.2 Å². The van der Waals surface area contributed by atoms with Crippen LogP contribution in [0.4, 0.5) is 0 Å². The Kier molecular flexibility index (Phi) is 6.68. The van der Waals surface area contributed by atoms with Crippen molar-refractivity contribution in [3.8, 4) is 0 Å². The summed E-state index contributed by atoms with van der Waals surface area (Å²) in [4.78, 5) is 20.5. The predicted octanol–water partition coefficient (Wildman–Crippen LogP) is 4.16. The molecule has 3 aromatic rings. The average Bonchev–Trinajstić information content (AvgIpc) is 3.22. The van der Waals surface area contributed by atoms with Gasteiger partial charge in [-0.05, 0) is 63.4 Å². The van der Waals surface area contributed by atoms with Crippen molar-refractivity contribution in [1.29, 1.82) is 0 Å². The quantitative estimate of drug-likeness (QED) is 0.590. The van der Waals surface area contributed by atoms with Crippen molar-refractivity contribution in [1.82, 2.24) is 20.1 Å². The molecule has 0 bridgehead atoms. The molecule has 1 aromatic heterocycles. The van der Waals surface area contributed by atoms with Crippen molar-refractivity contribution in [2.24, 2.45) is 0 Å². The lowest BCUT2D eigenvalue weighted by molar-refractivity contribution is -0.131. The van der Waals surface area contributed by atoms with Gasteiger partial charge in [-0.25, -0.2) is 0 Å². The van der Waals surface area contributed by atoms with Crippen molar-refractivity contribution in [2.75, 3.05) is 28.2 Å². The molecule has 1 aliphatic carbocycles. The summed E-state index contributed by atoms with van der Waals surface area (Å²) in [6, 6.07) is 19.3. The number of aromatic nitrogens is 1. The van der Waals surface area contributed by atoms with Crippen LogP contribution in [0, 0.1) is 0 Å². The molecule has 0 radical (unpaired) electrons. The summed E-state index contributed by atoms with van der Waals surface area (Å²) in [6.45, 7) is 0. The lowest BCUT2D eigenvalue weighted by Gasteiger charge is -2.46. The minimum atomic E-state index is -0.224. The number of H-pyrrole nitrogens is 1. The number of rotatable bonds is 7. The largest absolute Gasteiger partial charge is 0.361 e. The molecule has 1 saturated carbocycles. The van der Waals surface area contributed by atoms with Gasteiger partial charge in [0.25, 0.3) is 0 Å². The Bertz CT molecular complexity index is 1030. The van der Waals surface area contributed by atoms with Gasteiger partial charge in [0, 0.05) is 42.8 Å². The van der Waals surface area contributed by atoms with Gasteiger partial charge in [-0.1, -0.05) is 48.5 Å². The summed E-state index contributed by atoms with van der Waals surface area (Å²) in [7, 11) is 8.07. The predicted molar refractivity (Wildman–Crippen MR) is 132 cm³/mol. The first-order chi connectivity index (χ1) is 15.4. The van der Waals surface area contributed by atoms with E-state index in [0.717, 1.165) is 31.2 Å². The molecule has 170 valence electrons. The second kappa shape index (κ2) is 9.47. The maximum Gasteiger partial charge on any atom is 0.239 e. The molecule has 0 spiro atoms. The summed E-state index contributed by atoms with van der Waals surface area (Å²) in [5.74, 6) is 0.141. The van der Waals surface area contributed by atoms with Crippen LogP contribution in [0.3, 0.4) is 0 Å². The minimum absolute atomic E-state index is 0.0668. The summed E-state index contributed by atoms with van der Waals surface area (Å²) in [5.41, 5.74) is 3.77. The van der Waals surface area contributed by atoms with Crippen LogP contribution in [-0.2, 0) is 16.8 Å². The zero-order valence-corrected chi connectivity index (χ0v) is 19.8. The maximum atomic E-state index is 13.1.